The number of ether oxygens (including phenoxy) is 2. The van der Waals surface area contributed by atoms with Gasteiger partial charge in [-0.25, -0.2) is 9.97 Å². The zero-order valence-electron chi connectivity index (χ0n) is 19.1. The van der Waals surface area contributed by atoms with Crippen LogP contribution in [0.5, 0.6) is 23.0 Å². The molecule has 0 radical (unpaired) electrons. The van der Waals surface area contributed by atoms with Crippen LogP contribution >= 0.6 is 0 Å². The number of aromatic amines is 1. The van der Waals surface area contributed by atoms with Crippen molar-refractivity contribution in [1.29, 1.82) is 0 Å². The number of halogens is 3. The maximum atomic E-state index is 12.6. The summed E-state index contributed by atoms with van der Waals surface area (Å²) in [5.74, 6) is 2.33. The van der Waals surface area contributed by atoms with E-state index < -0.39 is 6.36 Å². The molecule has 2 fully saturated rings. The molecule has 7 rings (SSSR count). The first-order chi connectivity index (χ1) is 17.7. The van der Waals surface area contributed by atoms with Crippen molar-refractivity contribution in [2.45, 2.75) is 37.0 Å². The number of benzene rings is 2. The van der Waals surface area contributed by atoms with Gasteiger partial charge in [-0.3, -0.25) is 4.79 Å². The number of H-pyrrole nitrogens is 1. The van der Waals surface area contributed by atoms with Crippen LogP contribution < -0.4 is 14.8 Å². The lowest BCUT2D eigenvalue weighted by atomic mass is 9.95. The van der Waals surface area contributed by atoms with E-state index in [0.717, 1.165) is 17.5 Å². The van der Waals surface area contributed by atoms with E-state index in [1.165, 1.54) is 18.2 Å². The van der Waals surface area contributed by atoms with E-state index >= 15 is 0 Å². The standard InChI is InChI=1S/C26H19F3N4O4/c27-26(28,29)37-13-1-4-17-18(10-13)32-24(31-17)25-11-16(25)22(25)15-9-12(2-5-19(15)34)36-20-7-8-30-23-14(20)3-6-21(35)33-23/h1-2,4-5,7-10,16,22,34H,3,6,11H2,(H,31,32)(H,30,33,35). The van der Waals surface area contributed by atoms with Gasteiger partial charge in [0.25, 0.3) is 0 Å². The van der Waals surface area contributed by atoms with Crippen molar-refractivity contribution in [2.75, 3.05) is 5.32 Å². The topological polar surface area (TPSA) is 109 Å². The molecule has 3 heterocycles. The van der Waals surface area contributed by atoms with Gasteiger partial charge >= 0.3 is 6.36 Å². The summed E-state index contributed by atoms with van der Waals surface area (Å²) < 4.78 is 48.0. The van der Waals surface area contributed by atoms with Gasteiger partial charge in [0.2, 0.25) is 5.91 Å². The van der Waals surface area contributed by atoms with Crippen LogP contribution in [-0.4, -0.2) is 32.3 Å². The van der Waals surface area contributed by atoms with Crippen molar-refractivity contribution in [3.8, 4) is 23.0 Å². The molecule has 1 amide bonds. The third-order valence-corrected chi connectivity index (χ3v) is 7.47. The van der Waals surface area contributed by atoms with Crippen LogP contribution in [0.25, 0.3) is 11.0 Å². The largest absolute Gasteiger partial charge is 0.573 e. The quantitative estimate of drug-likeness (QED) is 0.338. The number of nitrogens with one attached hydrogen (secondary N) is 2. The summed E-state index contributed by atoms with van der Waals surface area (Å²) >= 11 is 0. The second kappa shape index (κ2) is 7.37. The maximum Gasteiger partial charge on any atom is 0.573 e. The molecule has 0 spiro atoms. The van der Waals surface area contributed by atoms with Gasteiger partial charge in [0.1, 0.15) is 34.6 Å². The predicted molar refractivity (Wildman–Crippen MR) is 125 cm³/mol. The third kappa shape index (κ3) is 3.56. The molecule has 2 aromatic carbocycles. The van der Waals surface area contributed by atoms with Crippen LogP contribution in [0.4, 0.5) is 19.0 Å². The third-order valence-electron chi connectivity index (χ3n) is 7.47. The number of hydrogen-bond donors (Lipinski definition) is 3. The molecule has 3 atom stereocenters. The smallest absolute Gasteiger partial charge is 0.508 e. The molecule has 1 aliphatic heterocycles. The number of phenols is 1. The van der Waals surface area contributed by atoms with Gasteiger partial charge in [-0.2, -0.15) is 0 Å². The second-order valence-electron chi connectivity index (χ2n) is 9.65. The van der Waals surface area contributed by atoms with Crippen molar-refractivity contribution in [3.63, 3.8) is 0 Å². The average Bonchev–Trinajstić information content (AvgIpc) is 3.67. The number of aromatic hydroxyl groups is 1. The molecule has 8 nitrogen and oxygen atoms in total. The number of aromatic nitrogens is 3. The van der Waals surface area contributed by atoms with Gasteiger partial charge in [-0.05, 0) is 55.2 Å². The molecule has 2 aliphatic carbocycles. The molecule has 0 saturated heterocycles. The Morgan fingerprint density at radius 1 is 1.08 bits per heavy atom. The maximum absolute atomic E-state index is 12.6. The van der Waals surface area contributed by atoms with E-state index in [1.807, 2.05) is 0 Å². The lowest BCUT2D eigenvalue weighted by Crippen LogP contribution is -2.20. The molecule has 3 unspecified atom stereocenters. The van der Waals surface area contributed by atoms with Crippen molar-refractivity contribution < 1.29 is 32.5 Å². The number of rotatable bonds is 5. The van der Waals surface area contributed by atoms with E-state index in [0.29, 0.717) is 47.0 Å². The first kappa shape index (κ1) is 22.0. The number of phenolic OH excluding ortho intramolecular Hbond substituents is 1. The van der Waals surface area contributed by atoms with Crippen molar-refractivity contribution in [3.05, 3.63) is 65.6 Å². The average molecular weight is 508 g/mol. The highest BCUT2D eigenvalue weighted by atomic mass is 19.4. The van der Waals surface area contributed by atoms with Crippen LogP contribution in [0.15, 0.2) is 48.7 Å². The molecule has 2 saturated carbocycles. The van der Waals surface area contributed by atoms with Gasteiger partial charge in [0.15, 0.2) is 0 Å². The van der Waals surface area contributed by atoms with Gasteiger partial charge < -0.3 is 24.9 Å². The number of alkyl halides is 3. The van der Waals surface area contributed by atoms with E-state index in [-0.39, 0.29) is 34.7 Å². The normalized spacial score (nSPS) is 23.7. The minimum Gasteiger partial charge on any atom is -0.508 e. The number of nitrogens with zero attached hydrogens (tertiary/aromatic N) is 2. The van der Waals surface area contributed by atoms with E-state index in [2.05, 4.69) is 25.0 Å². The number of amides is 1. The lowest BCUT2D eigenvalue weighted by Gasteiger charge is -2.19. The fraction of sp³-hybridized carbons (Fsp3) is 0.269. The van der Waals surface area contributed by atoms with E-state index in [4.69, 9.17) is 4.74 Å². The molecular formula is C26H19F3N4O4. The fourth-order valence-electron chi connectivity index (χ4n) is 5.55. The second-order valence-corrected chi connectivity index (χ2v) is 9.65. The molecule has 11 heteroatoms. The molecule has 188 valence electrons. The molecule has 37 heavy (non-hydrogen) atoms. The Bertz CT molecular complexity index is 1600. The first-order valence-corrected chi connectivity index (χ1v) is 11.8. The zero-order valence-corrected chi connectivity index (χ0v) is 19.1. The van der Waals surface area contributed by atoms with Crippen molar-refractivity contribution in [2.24, 2.45) is 5.92 Å². The number of fused-ring (bicyclic) bond motifs is 3. The van der Waals surface area contributed by atoms with Gasteiger partial charge in [0, 0.05) is 41.1 Å². The number of carbonyl (C=O) groups excluding carboxylic acids is 1. The van der Waals surface area contributed by atoms with Crippen molar-refractivity contribution in [1.82, 2.24) is 15.0 Å². The molecule has 3 aliphatic rings. The highest BCUT2D eigenvalue weighted by molar-refractivity contribution is 5.93. The Morgan fingerprint density at radius 2 is 1.92 bits per heavy atom. The van der Waals surface area contributed by atoms with Crippen LogP contribution in [0.2, 0.25) is 0 Å². The molecule has 4 aromatic rings. The summed E-state index contributed by atoms with van der Waals surface area (Å²) in [6.45, 7) is 0. The van der Waals surface area contributed by atoms with Crippen molar-refractivity contribution >= 4 is 22.8 Å². The summed E-state index contributed by atoms with van der Waals surface area (Å²) in [5, 5.41) is 13.4. The Labute approximate surface area is 207 Å². The van der Waals surface area contributed by atoms with E-state index in [1.54, 1.807) is 30.5 Å². The number of anilines is 1. The minimum absolute atomic E-state index is 0.00755. The number of carbonyl (C=O) groups is 1. The SMILES string of the molecule is O=C1CCc2c(Oc3ccc(O)c(C4C5CC54c4nc5ccc(OC(F)(F)F)cc5[nH]4)c3)ccnc2N1. The molecular weight excluding hydrogens is 489 g/mol. The summed E-state index contributed by atoms with van der Waals surface area (Å²) in [5.41, 5.74) is 2.26. The highest BCUT2D eigenvalue weighted by Gasteiger charge is 2.81. The highest BCUT2D eigenvalue weighted by Crippen LogP contribution is 2.84. The summed E-state index contributed by atoms with van der Waals surface area (Å²) in [4.78, 5) is 23.7. The Morgan fingerprint density at radius 3 is 2.73 bits per heavy atom. The first-order valence-electron chi connectivity index (χ1n) is 11.8. The number of hydrogen-bond acceptors (Lipinski definition) is 6. The lowest BCUT2D eigenvalue weighted by molar-refractivity contribution is -0.274. The van der Waals surface area contributed by atoms with Gasteiger partial charge in [-0.1, -0.05) is 0 Å². The predicted octanol–water partition coefficient (Wildman–Crippen LogP) is 5.29. The minimum atomic E-state index is -4.77. The molecule has 2 aromatic heterocycles. The monoisotopic (exact) mass is 508 g/mol. The van der Waals surface area contributed by atoms with Gasteiger partial charge in [0.05, 0.1) is 11.0 Å². The van der Waals surface area contributed by atoms with Crippen LogP contribution in [0.3, 0.4) is 0 Å². The molecule has 3 N–H and O–H groups in total. The van der Waals surface area contributed by atoms with Crippen LogP contribution in [0.1, 0.15) is 35.7 Å². The van der Waals surface area contributed by atoms with Crippen LogP contribution in [0, 0.1) is 5.92 Å². The molecule has 0 bridgehead atoms. The Balaban J connectivity index is 1.16. The zero-order chi connectivity index (χ0) is 25.5. The Hall–Kier alpha value is -4.28. The Kier molecular flexibility index (Phi) is 4.38. The summed E-state index contributed by atoms with van der Waals surface area (Å²) in [7, 11) is 0. The number of imidazole rings is 1. The number of pyridine rings is 1. The summed E-state index contributed by atoms with van der Waals surface area (Å²) in [6.07, 6.45) is -1.47. The van der Waals surface area contributed by atoms with Crippen LogP contribution in [-0.2, 0) is 16.6 Å². The van der Waals surface area contributed by atoms with E-state index in [9.17, 15) is 23.1 Å². The van der Waals surface area contributed by atoms with Gasteiger partial charge in [-0.15, -0.1) is 13.2 Å². The summed E-state index contributed by atoms with van der Waals surface area (Å²) in [6, 6.07) is 10.8. The fourth-order valence-corrected chi connectivity index (χ4v) is 5.55.